The lowest BCUT2D eigenvalue weighted by atomic mass is 9.75. The van der Waals surface area contributed by atoms with Gasteiger partial charge in [-0.1, -0.05) is 6.92 Å². The third-order valence-corrected chi connectivity index (χ3v) is 4.77. The van der Waals surface area contributed by atoms with Gasteiger partial charge in [0, 0.05) is 9.75 Å². The number of thiophene rings is 1. The van der Waals surface area contributed by atoms with E-state index in [0.717, 1.165) is 16.2 Å². The summed E-state index contributed by atoms with van der Waals surface area (Å²) in [6.07, 6.45) is 1.37. The molecule has 6 heteroatoms. The summed E-state index contributed by atoms with van der Waals surface area (Å²) in [6, 6.07) is 3.74. The Bertz CT molecular complexity index is 469. The first-order valence-corrected chi connectivity index (χ1v) is 7.17. The zero-order valence-electron chi connectivity index (χ0n) is 10.7. The number of aliphatic hydroxyl groups is 1. The van der Waals surface area contributed by atoms with Gasteiger partial charge in [0.15, 0.2) is 0 Å². The van der Waals surface area contributed by atoms with E-state index in [1.807, 2.05) is 19.1 Å². The maximum absolute atomic E-state index is 13.8. The zero-order valence-corrected chi connectivity index (χ0v) is 11.5. The molecule has 19 heavy (non-hydrogen) atoms. The van der Waals surface area contributed by atoms with E-state index in [0.29, 0.717) is 6.42 Å². The summed E-state index contributed by atoms with van der Waals surface area (Å²) in [5.74, 6) is -5.10. The van der Waals surface area contributed by atoms with Crippen molar-refractivity contribution in [2.75, 3.05) is 0 Å². The Morgan fingerprint density at radius 1 is 1.47 bits per heavy atom. The van der Waals surface area contributed by atoms with Crippen LogP contribution in [-0.4, -0.2) is 22.5 Å². The van der Waals surface area contributed by atoms with Crippen LogP contribution in [0.1, 0.15) is 35.9 Å². The third-order valence-electron chi connectivity index (χ3n) is 3.54. The van der Waals surface area contributed by atoms with Crippen molar-refractivity contribution in [1.82, 2.24) is 5.32 Å². The molecule has 0 bridgehead atoms. The van der Waals surface area contributed by atoms with Gasteiger partial charge in [-0.2, -0.15) is 8.78 Å². The molecule has 0 radical (unpaired) electrons. The Balaban J connectivity index is 1.93. The molecule has 0 atom stereocenters. The van der Waals surface area contributed by atoms with Gasteiger partial charge in [-0.25, -0.2) is 0 Å². The molecule has 1 fully saturated rings. The first-order valence-electron chi connectivity index (χ1n) is 6.35. The number of amides is 1. The Labute approximate surface area is 114 Å². The number of hydrogen-bond donors (Lipinski definition) is 2. The zero-order chi connectivity index (χ0) is 14.1. The van der Waals surface area contributed by atoms with Crippen LogP contribution in [0.3, 0.4) is 0 Å². The lowest BCUT2D eigenvalue weighted by molar-refractivity contribution is -0.216. The first kappa shape index (κ1) is 14.4. The van der Waals surface area contributed by atoms with Gasteiger partial charge in [0.2, 0.25) is 0 Å². The molecule has 1 aliphatic rings. The van der Waals surface area contributed by atoms with Crippen LogP contribution in [-0.2, 0) is 17.8 Å². The summed E-state index contributed by atoms with van der Waals surface area (Å²) < 4.78 is 27.5. The van der Waals surface area contributed by atoms with Crippen LogP contribution in [0.4, 0.5) is 8.78 Å². The fourth-order valence-corrected chi connectivity index (χ4v) is 2.92. The van der Waals surface area contributed by atoms with E-state index in [1.54, 1.807) is 0 Å². The summed E-state index contributed by atoms with van der Waals surface area (Å²) in [4.78, 5) is 13.5. The average molecular weight is 289 g/mol. The van der Waals surface area contributed by atoms with Crippen molar-refractivity contribution in [2.24, 2.45) is 0 Å². The number of nitrogens with one attached hydrogen (secondary N) is 1. The van der Waals surface area contributed by atoms with Gasteiger partial charge < -0.3 is 10.4 Å². The van der Waals surface area contributed by atoms with Crippen LogP contribution in [0.5, 0.6) is 0 Å². The monoisotopic (exact) mass is 289 g/mol. The van der Waals surface area contributed by atoms with Crippen LogP contribution < -0.4 is 5.32 Å². The van der Waals surface area contributed by atoms with Gasteiger partial charge >= 0.3 is 5.92 Å². The normalized spacial score (nSPS) is 17.9. The van der Waals surface area contributed by atoms with Gasteiger partial charge in [-0.05, 0) is 37.8 Å². The van der Waals surface area contributed by atoms with Crippen molar-refractivity contribution in [3.63, 3.8) is 0 Å². The highest BCUT2D eigenvalue weighted by Crippen LogP contribution is 2.44. The molecule has 1 heterocycles. The van der Waals surface area contributed by atoms with Gasteiger partial charge in [-0.15, -0.1) is 11.3 Å². The second-order valence-corrected chi connectivity index (χ2v) is 6.12. The summed E-state index contributed by atoms with van der Waals surface area (Å²) in [5, 5.41) is 11.9. The van der Waals surface area contributed by atoms with Crippen LogP contribution in [0.15, 0.2) is 12.1 Å². The van der Waals surface area contributed by atoms with Gasteiger partial charge in [0.05, 0.1) is 6.54 Å². The van der Waals surface area contributed by atoms with Crippen molar-refractivity contribution in [2.45, 2.75) is 50.7 Å². The van der Waals surface area contributed by atoms with Gasteiger partial charge in [-0.3, -0.25) is 4.79 Å². The van der Waals surface area contributed by atoms with E-state index in [4.69, 9.17) is 0 Å². The first-order chi connectivity index (χ1) is 8.89. The third kappa shape index (κ3) is 2.65. The topological polar surface area (TPSA) is 49.3 Å². The molecule has 2 N–H and O–H groups in total. The molecular formula is C13H17F2NO2S. The largest absolute Gasteiger partial charge is 0.383 e. The van der Waals surface area contributed by atoms with E-state index in [9.17, 15) is 18.7 Å². The van der Waals surface area contributed by atoms with Crippen LogP contribution in [0.25, 0.3) is 0 Å². The highest BCUT2D eigenvalue weighted by Gasteiger charge is 2.61. The number of carbonyl (C=O) groups is 1. The maximum Gasteiger partial charge on any atom is 0.352 e. The number of rotatable bonds is 5. The molecule has 2 rings (SSSR count). The second kappa shape index (κ2) is 5.17. The molecule has 1 aromatic rings. The van der Waals surface area contributed by atoms with Crippen molar-refractivity contribution >= 4 is 17.2 Å². The van der Waals surface area contributed by atoms with Crippen molar-refractivity contribution in [1.29, 1.82) is 0 Å². The van der Waals surface area contributed by atoms with E-state index in [-0.39, 0.29) is 19.4 Å². The van der Waals surface area contributed by atoms with E-state index >= 15 is 0 Å². The standard InChI is InChI=1S/C13H17F2NO2S/c1-2-9-4-5-10(19-9)8-16-11(17)13(14,15)12(18)6-3-7-12/h4-5,18H,2-3,6-8H2,1H3,(H,16,17). The Morgan fingerprint density at radius 3 is 2.58 bits per heavy atom. The fraction of sp³-hybridized carbons (Fsp3) is 0.615. The van der Waals surface area contributed by atoms with E-state index in [2.05, 4.69) is 5.32 Å². The van der Waals surface area contributed by atoms with Crippen molar-refractivity contribution < 1.29 is 18.7 Å². The van der Waals surface area contributed by atoms with Gasteiger partial charge in [0.1, 0.15) is 5.60 Å². The average Bonchev–Trinajstić information content (AvgIpc) is 2.80. The SMILES string of the molecule is CCc1ccc(CNC(=O)C(F)(F)C2(O)CCC2)s1. The molecule has 1 saturated carbocycles. The predicted octanol–water partition coefficient (Wildman–Crippen LogP) is 2.48. The Kier molecular flexibility index (Phi) is 3.92. The van der Waals surface area contributed by atoms with Crippen molar-refractivity contribution in [3.8, 4) is 0 Å². The molecule has 1 aliphatic carbocycles. The summed E-state index contributed by atoms with van der Waals surface area (Å²) in [6.45, 7) is 2.09. The van der Waals surface area contributed by atoms with Crippen LogP contribution >= 0.6 is 11.3 Å². The highest BCUT2D eigenvalue weighted by atomic mass is 32.1. The molecule has 0 unspecified atom stereocenters. The van der Waals surface area contributed by atoms with E-state index < -0.39 is 17.4 Å². The molecule has 0 spiro atoms. The Morgan fingerprint density at radius 2 is 2.11 bits per heavy atom. The summed E-state index contributed by atoms with van der Waals surface area (Å²) in [5.41, 5.74) is -2.15. The number of halogens is 2. The number of carbonyl (C=O) groups excluding carboxylic acids is 1. The minimum Gasteiger partial charge on any atom is -0.383 e. The number of hydrogen-bond acceptors (Lipinski definition) is 3. The molecule has 106 valence electrons. The summed E-state index contributed by atoms with van der Waals surface area (Å²) >= 11 is 1.49. The molecule has 0 aliphatic heterocycles. The maximum atomic E-state index is 13.8. The molecule has 3 nitrogen and oxygen atoms in total. The highest BCUT2D eigenvalue weighted by molar-refractivity contribution is 7.11. The molecule has 1 aromatic heterocycles. The lowest BCUT2D eigenvalue weighted by Crippen LogP contribution is -2.60. The molecule has 0 aromatic carbocycles. The smallest absolute Gasteiger partial charge is 0.352 e. The van der Waals surface area contributed by atoms with Crippen molar-refractivity contribution in [3.05, 3.63) is 21.9 Å². The van der Waals surface area contributed by atoms with Crippen LogP contribution in [0, 0.1) is 0 Å². The Hall–Kier alpha value is -1.01. The quantitative estimate of drug-likeness (QED) is 0.875. The lowest BCUT2D eigenvalue weighted by Gasteiger charge is -2.41. The minimum atomic E-state index is -3.71. The second-order valence-electron chi connectivity index (χ2n) is 4.86. The van der Waals surface area contributed by atoms with Crippen LogP contribution in [0.2, 0.25) is 0 Å². The molecule has 0 saturated heterocycles. The molecular weight excluding hydrogens is 272 g/mol. The number of aryl methyl sites for hydroxylation is 1. The van der Waals surface area contributed by atoms with E-state index in [1.165, 1.54) is 11.3 Å². The van der Waals surface area contributed by atoms with Gasteiger partial charge in [0.25, 0.3) is 5.91 Å². The fourth-order valence-electron chi connectivity index (χ4n) is 2.02. The molecule has 1 amide bonds. The predicted molar refractivity (Wildman–Crippen MR) is 69.3 cm³/mol. The summed E-state index contributed by atoms with van der Waals surface area (Å²) in [7, 11) is 0. The minimum absolute atomic E-state index is 0.0214. The number of alkyl halides is 2.